The largest absolute Gasteiger partial charge is 0.336 e. The average Bonchev–Trinajstić information content (AvgIpc) is 3.16. The molecule has 1 aliphatic heterocycles. The summed E-state index contributed by atoms with van der Waals surface area (Å²) in [7, 11) is 2.22. The molecular weight excluding hydrogens is 392 g/mol. The summed E-state index contributed by atoms with van der Waals surface area (Å²) >= 11 is 1.92. The number of thioether (sulfide) groups is 1. The minimum absolute atomic E-state index is 0.113. The Morgan fingerprint density at radius 1 is 1.30 bits per heavy atom. The molecule has 2 aliphatic rings. The zero-order valence-corrected chi connectivity index (χ0v) is 18.7. The molecule has 6 heteroatoms. The van der Waals surface area contributed by atoms with E-state index in [1.807, 2.05) is 27.4 Å². The molecule has 0 bridgehead atoms. The number of nitrogens with zero attached hydrogens (tertiary/aromatic N) is 4. The minimum Gasteiger partial charge on any atom is -0.336 e. The maximum absolute atomic E-state index is 13.3. The van der Waals surface area contributed by atoms with Crippen molar-refractivity contribution in [3.05, 3.63) is 65.5 Å². The summed E-state index contributed by atoms with van der Waals surface area (Å²) in [5.41, 5.74) is 4.46. The number of hydrogen-bond donors (Lipinski definition) is 0. The van der Waals surface area contributed by atoms with Crippen molar-refractivity contribution in [2.75, 3.05) is 38.2 Å². The molecule has 4 rings (SSSR count). The number of carbonyl (C=O) groups excluding carboxylic acids is 1. The summed E-state index contributed by atoms with van der Waals surface area (Å²) in [6.45, 7) is 7.22. The fourth-order valence-electron chi connectivity index (χ4n) is 4.54. The predicted octanol–water partition coefficient (Wildman–Crippen LogP) is 3.29. The number of likely N-dealkylation sites (N-methyl/N-ethyl adjacent to an activating group) is 1. The first-order valence-electron chi connectivity index (χ1n) is 11.0. The van der Waals surface area contributed by atoms with Crippen molar-refractivity contribution < 1.29 is 4.79 Å². The molecule has 160 valence electrons. The Labute approximate surface area is 184 Å². The van der Waals surface area contributed by atoms with E-state index in [1.54, 1.807) is 0 Å². The Hall–Kier alpha value is -2.05. The van der Waals surface area contributed by atoms with Crippen molar-refractivity contribution in [3.63, 3.8) is 0 Å². The van der Waals surface area contributed by atoms with Crippen molar-refractivity contribution in [2.24, 2.45) is 0 Å². The van der Waals surface area contributed by atoms with Crippen LogP contribution in [0.5, 0.6) is 0 Å². The first-order chi connectivity index (χ1) is 14.7. The molecule has 0 radical (unpaired) electrons. The highest BCUT2D eigenvalue weighted by molar-refractivity contribution is 7.99. The molecule has 1 fully saturated rings. The van der Waals surface area contributed by atoms with Gasteiger partial charge in [-0.1, -0.05) is 36.4 Å². The Bertz CT molecular complexity index is 873. The van der Waals surface area contributed by atoms with Crippen molar-refractivity contribution >= 4 is 17.7 Å². The van der Waals surface area contributed by atoms with Gasteiger partial charge in [-0.3, -0.25) is 9.48 Å². The summed E-state index contributed by atoms with van der Waals surface area (Å²) in [6.07, 6.45) is 5.90. The van der Waals surface area contributed by atoms with E-state index in [0.29, 0.717) is 18.3 Å². The standard InChI is InChI=1S/C24H32N4OS/c1-3-12-28-22-10-9-20(26(2)13-11-19-7-5-4-6-8-19)18-21(22)23(25-28)24(29)27-14-16-30-17-15-27/h3-8,20H,1,9-18H2,2H3. The lowest BCUT2D eigenvalue weighted by Crippen LogP contribution is -2.40. The average molecular weight is 425 g/mol. The first kappa shape index (κ1) is 21.2. The molecule has 30 heavy (non-hydrogen) atoms. The normalized spacial score (nSPS) is 19.0. The SMILES string of the molecule is C=CCn1nc(C(=O)N2CCSCC2)c2c1CCC(N(C)CCc1ccccc1)C2. The second kappa shape index (κ2) is 9.84. The van der Waals surface area contributed by atoms with E-state index in [2.05, 4.69) is 48.9 Å². The molecule has 0 spiro atoms. The fourth-order valence-corrected chi connectivity index (χ4v) is 5.44. The highest BCUT2D eigenvalue weighted by atomic mass is 32.2. The number of fused-ring (bicyclic) bond motifs is 1. The number of carbonyl (C=O) groups is 1. The highest BCUT2D eigenvalue weighted by Gasteiger charge is 2.32. The number of aromatic nitrogens is 2. The quantitative estimate of drug-likeness (QED) is 0.640. The van der Waals surface area contributed by atoms with Crippen LogP contribution >= 0.6 is 11.8 Å². The molecule has 0 saturated carbocycles. The van der Waals surface area contributed by atoms with Crippen LogP contribution in [0.1, 0.15) is 33.7 Å². The molecule has 2 heterocycles. The topological polar surface area (TPSA) is 41.4 Å². The second-order valence-corrected chi connectivity index (χ2v) is 9.49. The van der Waals surface area contributed by atoms with E-state index < -0.39 is 0 Å². The number of hydrogen-bond acceptors (Lipinski definition) is 4. The van der Waals surface area contributed by atoms with E-state index >= 15 is 0 Å². The van der Waals surface area contributed by atoms with Crippen LogP contribution in [0, 0.1) is 0 Å². The van der Waals surface area contributed by atoms with Crippen LogP contribution in [0.2, 0.25) is 0 Å². The summed E-state index contributed by atoms with van der Waals surface area (Å²) in [6, 6.07) is 11.1. The van der Waals surface area contributed by atoms with Crippen LogP contribution < -0.4 is 0 Å². The summed E-state index contributed by atoms with van der Waals surface area (Å²) < 4.78 is 2.01. The Balaban J connectivity index is 1.50. The Kier molecular flexibility index (Phi) is 6.95. The van der Waals surface area contributed by atoms with E-state index in [0.717, 1.165) is 56.8 Å². The van der Waals surface area contributed by atoms with Gasteiger partial charge in [0.05, 0.1) is 6.54 Å². The highest BCUT2D eigenvalue weighted by Crippen LogP contribution is 2.28. The van der Waals surface area contributed by atoms with Crippen molar-refractivity contribution in [1.82, 2.24) is 19.6 Å². The van der Waals surface area contributed by atoms with E-state index in [4.69, 9.17) is 5.10 Å². The third-order valence-electron chi connectivity index (χ3n) is 6.34. The fraction of sp³-hybridized carbons (Fsp3) is 0.500. The van der Waals surface area contributed by atoms with Gasteiger partial charge in [-0.15, -0.1) is 6.58 Å². The maximum atomic E-state index is 13.3. The zero-order chi connectivity index (χ0) is 20.9. The van der Waals surface area contributed by atoms with Crippen LogP contribution in [-0.2, 0) is 25.8 Å². The van der Waals surface area contributed by atoms with Gasteiger partial charge in [0, 0.05) is 48.4 Å². The van der Waals surface area contributed by atoms with Crippen LogP contribution in [0.3, 0.4) is 0 Å². The van der Waals surface area contributed by atoms with Crippen molar-refractivity contribution in [3.8, 4) is 0 Å². The van der Waals surface area contributed by atoms with Gasteiger partial charge in [-0.2, -0.15) is 16.9 Å². The predicted molar refractivity (Wildman–Crippen MR) is 124 cm³/mol. The van der Waals surface area contributed by atoms with Gasteiger partial charge >= 0.3 is 0 Å². The van der Waals surface area contributed by atoms with E-state index in [1.165, 1.54) is 16.8 Å². The molecule has 5 nitrogen and oxygen atoms in total. The molecule has 1 aromatic carbocycles. The third kappa shape index (κ3) is 4.65. The van der Waals surface area contributed by atoms with Gasteiger partial charge < -0.3 is 9.80 Å². The molecular formula is C24H32N4OS. The number of rotatable bonds is 7. The summed E-state index contributed by atoms with van der Waals surface area (Å²) in [5.74, 6) is 2.15. The third-order valence-corrected chi connectivity index (χ3v) is 7.29. The lowest BCUT2D eigenvalue weighted by atomic mass is 9.90. The van der Waals surface area contributed by atoms with Crippen LogP contribution in [0.25, 0.3) is 0 Å². The van der Waals surface area contributed by atoms with Gasteiger partial charge in [0.15, 0.2) is 5.69 Å². The summed E-state index contributed by atoms with van der Waals surface area (Å²) in [4.78, 5) is 17.7. The van der Waals surface area contributed by atoms with Crippen LogP contribution in [-0.4, -0.2) is 69.7 Å². The van der Waals surface area contributed by atoms with Gasteiger partial charge in [-0.05, 0) is 38.3 Å². The molecule has 1 aliphatic carbocycles. The number of benzene rings is 1. The smallest absolute Gasteiger partial charge is 0.274 e. The lowest BCUT2D eigenvalue weighted by molar-refractivity contribution is 0.0763. The van der Waals surface area contributed by atoms with E-state index in [9.17, 15) is 4.79 Å². The second-order valence-electron chi connectivity index (χ2n) is 8.26. The Morgan fingerprint density at radius 2 is 2.07 bits per heavy atom. The molecule has 1 aromatic heterocycles. The Morgan fingerprint density at radius 3 is 2.80 bits per heavy atom. The van der Waals surface area contributed by atoms with E-state index in [-0.39, 0.29) is 5.91 Å². The lowest BCUT2D eigenvalue weighted by Gasteiger charge is -2.32. The molecule has 1 atom stereocenters. The summed E-state index contributed by atoms with van der Waals surface area (Å²) in [5, 5.41) is 4.77. The monoisotopic (exact) mass is 424 g/mol. The van der Waals surface area contributed by atoms with Crippen LogP contribution in [0.15, 0.2) is 43.0 Å². The maximum Gasteiger partial charge on any atom is 0.274 e. The van der Waals surface area contributed by atoms with Crippen molar-refractivity contribution in [2.45, 2.75) is 38.3 Å². The van der Waals surface area contributed by atoms with Crippen LogP contribution in [0.4, 0.5) is 0 Å². The molecule has 0 N–H and O–H groups in total. The number of amides is 1. The number of allylic oxidation sites excluding steroid dienone is 1. The molecule has 1 unspecified atom stereocenters. The first-order valence-corrected chi connectivity index (χ1v) is 12.1. The van der Waals surface area contributed by atoms with Gasteiger partial charge in [0.1, 0.15) is 0 Å². The van der Waals surface area contributed by atoms with Gasteiger partial charge in [0.25, 0.3) is 5.91 Å². The molecule has 1 amide bonds. The van der Waals surface area contributed by atoms with Gasteiger partial charge in [0.2, 0.25) is 0 Å². The molecule has 1 saturated heterocycles. The molecule has 2 aromatic rings. The van der Waals surface area contributed by atoms with Gasteiger partial charge in [-0.25, -0.2) is 0 Å². The zero-order valence-electron chi connectivity index (χ0n) is 17.9. The minimum atomic E-state index is 0.113. The van der Waals surface area contributed by atoms with Crippen molar-refractivity contribution in [1.29, 1.82) is 0 Å².